The van der Waals surface area contributed by atoms with E-state index in [9.17, 15) is 14.4 Å². The van der Waals surface area contributed by atoms with Crippen LogP contribution in [0.1, 0.15) is 69.2 Å². The molecule has 2 amide bonds. The van der Waals surface area contributed by atoms with Crippen LogP contribution in [0.3, 0.4) is 0 Å². The Morgan fingerprint density at radius 2 is 1.83 bits per heavy atom. The van der Waals surface area contributed by atoms with Gasteiger partial charge in [-0.3, -0.25) is 14.2 Å². The summed E-state index contributed by atoms with van der Waals surface area (Å²) in [7, 11) is 3.04. The van der Waals surface area contributed by atoms with Crippen molar-refractivity contribution in [2.75, 3.05) is 26.1 Å². The maximum Gasteiger partial charge on any atom is 0.341 e. The minimum absolute atomic E-state index is 0.0822. The molecule has 1 unspecified atom stereocenters. The summed E-state index contributed by atoms with van der Waals surface area (Å²) in [6.07, 6.45) is 3.74. The van der Waals surface area contributed by atoms with E-state index in [0.29, 0.717) is 38.6 Å². The first-order valence-corrected chi connectivity index (χ1v) is 16.7. The number of rotatable bonds is 12. The minimum Gasteiger partial charge on any atom is -0.493 e. The van der Waals surface area contributed by atoms with Crippen LogP contribution in [0.15, 0.2) is 47.6 Å². The number of thiophene rings is 1. The molecule has 5 rings (SSSR count). The van der Waals surface area contributed by atoms with Gasteiger partial charge in [-0.15, -0.1) is 21.5 Å². The number of ether oxygens (including phenoxy) is 3. The maximum absolute atomic E-state index is 13.5. The molecule has 0 radical (unpaired) electrons. The van der Waals surface area contributed by atoms with Crippen molar-refractivity contribution in [2.24, 2.45) is 0 Å². The number of fused-ring (bicyclic) bond motifs is 1. The van der Waals surface area contributed by atoms with Crippen molar-refractivity contribution in [1.82, 2.24) is 20.1 Å². The Hall–Kier alpha value is -4.36. The summed E-state index contributed by atoms with van der Waals surface area (Å²) in [6, 6.07) is 12.8. The van der Waals surface area contributed by atoms with Crippen LogP contribution in [-0.4, -0.2) is 58.6 Å². The van der Waals surface area contributed by atoms with Crippen molar-refractivity contribution < 1.29 is 28.6 Å². The van der Waals surface area contributed by atoms with Gasteiger partial charge in [0.1, 0.15) is 5.00 Å². The molecule has 0 aliphatic heterocycles. The molecule has 11 nitrogen and oxygen atoms in total. The molecule has 2 N–H and O–H groups in total. The topological polar surface area (TPSA) is 134 Å². The van der Waals surface area contributed by atoms with Crippen molar-refractivity contribution in [3.63, 3.8) is 0 Å². The minimum atomic E-state index is -0.587. The van der Waals surface area contributed by atoms with Gasteiger partial charge in [0.15, 0.2) is 22.5 Å². The van der Waals surface area contributed by atoms with Crippen molar-refractivity contribution in [3.05, 3.63) is 75.4 Å². The SMILES string of the molecule is CCOC(=O)c1c(NC(=O)C(C)Sc2nnc(CNC(=O)c3ccc(OC)c(OC)c3)n2-c2cccc(C)c2)sc2c1CCCC2. The third-order valence-electron chi connectivity index (χ3n) is 7.55. The predicted octanol–water partition coefficient (Wildman–Crippen LogP) is 5.76. The molecule has 1 atom stereocenters. The van der Waals surface area contributed by atoms with Gasteiger partial charge in [0.05, 0.1) is 38.2 Å². The van der Waals surface area contributed by atoms with Crippen molar-refractivity contribution in [1.29, 1.82) is 0 Å². The molecule has 0 fully saturated rings. The molecule has 1 aliphatic rings. The zero-order valence-corrected chi connectivity index (χ0v) is 28.1. The van der Waals surface area contributed by atoms with Gasteiger partial charge in [-0.1, -0.05) is 23.9 Å². The summed E-state index contributed by atoms with van der Waals surface area (Å²) in [5, 5.41) is 15.1. The second-order valence-electron chi connectivity index (χ2n) is 10.7. The maximum atomic E-state index is 13.5. The molecule has 46 heavy (non-hydrogen) atoms. The second-order valence-corrected chi connectivity index (χ2v) is 13.1. The second kappa shape index (κ2) is 14.8. The van der Waals surface area contributed by atoms with Crippen LogP contribution in [0.4, 0.5) is 5.00 Å². The summed E-state index contributed by atoms with van der Waals surface area (Å²) < 4.78 is 17.8. The van der Waals surface area contributed by atoms with E-state index in [-0.39, 0.29) is 25.0 Å². The number of aromatic nitrogens is 3. The van der Waals surface area contributed by atoms with E-state index in [0.717, 1.165) is 47.4 Å². The Morgan fingerprint density at radius 1 is 1.04 bits per heavy atom. The van der Waals surface area contributed by atoms with Gasteiger partial charge in [-0.2, -0.15) is 0 Å². The molecule has 0 saturated carbocycles. The van der Waals surface area contributed by atoms with Crippen LogP contribution in [-0.2, 0) is 28.9 Å². The van der Waals surface area contributed by atoms with Crippen LogP contribution in [0.2, 0.25) is 0 Å². The van der Waals surface area contributed by atoms with Gasteiger partial charge in [0.2, 0.25) is 5.91 Å². The summed E-state index contributed by atoms with van der Waals surface area (Å²) in [5.74, 6) is 0.463. The summed E-state index contributed by atoms with van der Waals surface area (Å²) in [4.78, 5) is 40.6. The van der Waals surface area contributed by atoms with E-state index in [1.807, 2.05) is 35.8 Å². The Morgan fingerprint density at radius 3 is 2.57 bits per heavy atom. The van der Waals surface area contributed by atoms with E-state index in [1.54, 1.807) is 32.0 Å². The van der Waals surface area contributed by atoms with E-state index in [1.165, 1.54) is 37.3 Å². The summed E-state index contributed by atoms with van der Waals surface area (Å²) >= 11 is 2.70. The highest BCUT2D eigenvalue weighted by molar-refractivity contribution is 8.00. The van der Waals surface area contributed by atoms with Crippen molar-refractivity contribution >= 4 is 45.9 Å². The van der Waals surface area contributed by atoms with E-state index >= 15 is 0 Å². The lowest BCUT2D eigenvalue weighted by Crippen LogP contribution is -2.25. The van der Waals surface area contributed by atoms with Gasteiger partial charge in [0, 0.05) is 16.1 Å². The number of thioether (sulfide) groups is 1. The molecule has 242 valence electrons. The van der Waals surface area contributed by atoms with Gasteiger partial charge in [0.25, 0.3) is 5.91 Å². The lowest BCUT2D eigenvalue weighted by molar-refractivity contribution is -0.115. The third kappa shape index (κ3) is 7.20. The average molecular weight is 664 g/mol. The zero-order valence-electron chi connectivity index (χ0n) is 26.5. The molecule has 2 aromatic heterocycles. The van der Waals surface area contributed by atoms with Gasteiger partial charge >= 0.3 is 5.97 Å². The number of carbonyl (C=O) groups excluding carboxylic acids is 3. The highest BCUT2D eigenvalue weighted by Gasteiger charge is 2.29. The number of nitrogens with one attached hydrogen (secondary N) is 2. The molecule has 0 saturated heterocycles. The number of anilines is 1. The quantitative estimate of drug-likeness (QED) is 0.143. The fourth-order valence-corrected chi connectivity index (χ4v) is 7.42. The number of nitrogens with zero attached hydrogens (tertiary/aromatic N) is 3. The number of hydrogen-bond acceptors (Lipinski definition) is 10. The molecule has 0 bridgehead atoms. The molecule has 2 aromatic carbocycles. The predicted molar refractivity (Wildman–Crippen MR) is 178 cm³/mol. The first-order chi connectivity index (χ1) is 22.2. The highest BCUT2D eigenvalue weighted by atomic mass is 32.2. The highest BCUT2D eigenvalue weighted by Crippen LogP contribution is 2.39. The lowest BCUT2D eigenvalue weighted by Gasteiger charge is -2.15. The Kier molecular flexibility index (Phi) is 10.6. The third-order valence-corrected chi connectivity index (χ3v) is 9.80. The fourth-order valence-electron chi connectivity index (χ4n) is 5.25. The van der Waals surface area contributed by atoms with E-state index < -0.39 is 11.2 Å². The first-order valence-electron chi connectivity index (χ1n) is 15.0. The Labute approximate surface area is 276 Å². The van der Waals surface area contributed by atoms with Crippen LogP contribution in [0.25, 0.3) is 5.69 Å². The van der Waals surface area contributed by atoms with Gasteiger partial charge in [-0.05, 0) is 87.9 Å². The largest absolute Gasteiger partial charge is 0.493 e. The van der Waals surface area contributed by atoms with Gasteiger partial charge < -0.3 is 24.8 Å². The Bertz CT molecular complexity index is 1750. The Balaban J connectivity index is 1.36. The average Bonchev–Trinajstić information content (AvgIpc) is 3.63. The number of benzene rings is 2. The number of carbonyl (C=O) groups is 3. The van der Waals surface area contributed by atoms with Crippen LogP contribution >= 0.6 is 23.1 Å². The van der Waals surface area contributed by atoms with Gasteiger partial charge in [-0.25, -0.2) is 4.79 Å². The molecule has 0 spiro atoms. The first kappa shape index (κ1) is 33.0. The van der Waals surface area contributed by atoms with E-state index in [2.05, 4.69) is 20.8 Å². The summed E-state index contributed by atoms with van der Waals surface area (Å²) in [5.41, 5.74) is 3.69. The fraction of sp³-hybridized carbons (Fsp3) is 0.364. The molecule has 2 heterocycles. The van der Waals surface area contributed by atoms with Crippen LogP contribution in [0.5, 0.6) is 11.5 Å². The number of hydrogen-bond donors (Lipinski definition) is 2. The molecule has 4 aromatic rings. The van der Waals surface area contributed by atoms with Crippen molar-refractivity contribution in [2.45, 2.75) is 63.4 Å². The number of esters is 1. The standard InChI is InChI=1S/C33H37N5O6S2/c1-6-44-32(41)28-23-12-7-8-13-26(23)46-31(28)35-29(39)20(3)45-33-37-36-27(38(33)22-11-9-10-19(2)16-22)18-34-30(40)21-14-15-24(42-4)25(17-21)43-5/h9-11,14-17,20H,6-8,12-13,18H2,1-5H3,(H,34,40)(H,35,39). The zero-order chi connectivity index (χ0) is 32.8. The number of amides is 2. The smallest absolute Gasteiger partial charge is 0.341 e. The lowest BCUT2D eigenvalue weighted by atomic mass is 9.95. The molecular formula is C33H37N5O6S2. The monoisotopic (exact) mass is 663 g/mol. The number of aryl methyl sites for hydroxylation is 2. The van der Waals surface area contributed by atoms with E-state index in [4.69, 9.17) is 14.2 Å². The number of methoxy groups -OCH3 is 2. The molecular weight excluding hydrogens is 627 g/mol. The summed E-state index contributed by atoms with van der Waals surface area (Å²) in [6.45, 7) is 5.88. The van der Waals surface area contributed by atoms with Crippen LogP contribution in [0, 0.1) is 6.92 Å². The molecule has 13 heteroatoms. The van der Waals surface area contributed by atoms with Crippen LogP contribution < -0.4 is 20.1 Å². The van der Waals surface area contributed by atoms with Crippen molar-refractivity contribution in [3.8, 4) is 17.2 Å². The molecule has 1 aliphatic carbocycles. The normalized spacial score (nSPS) is 13.0.